The van der Waals surface area contributed by atoms with Gasteiger partial charge in [-0.05, 0) is 44.1 Å². The summed E-state index contributed by atoms with van der Waals surface area (Å²) < 4.78 is 32.2. The van der Waals surface area contributed by atoms with Gasteiger partial charge < -0.3 is 14.2 Å². The standard InChI is InChI=1S/C26H26ClFN2O4/c1-15-7-17(12-31)13-32-22(15)11-23-16(2)8-24(26(3,4)34-23)33-25-10-21(29-14-30-25)18-5-6-19(27)20(28)9-18/h5-7,9-12,14,19-20,24H,1,8,13H2,2-4H3/b22-11+/t19?,20?,24-/m0/s1. The summed E-state index contributed by atoms with van der Waals surface area (Å²) in [6, 6.07) is 1.68. The van der Waals surface area contributed by atoms with Crippen LogP contribution < -0.4 is 4.74 Å². The van der Waals surface area contributed by atoms with Gasteiger partial charge >= 0.3 is 0 Å². The maximum absolute atomic E-state index is 14.0. The van der Waals surface area contributed by atoms with E-state index in [-0.39, 0.29) is 12.7 Å². The first kappa shape index (κ1) is 24.0. The van der Waals surface area contributed by atoms with Gasteiger partial charge in [0.15, 0.2) is 0 Å². The predicted octanol–water partition coefficient (Wildman–Crippen LogP) is 5.19. The highest BCUT2D eigenvalue weighted by molar-refractivity contribution is 6.22. The molecule has 178 valence electrons. The molecule has 8 heteroatoms. The number of carbonyl (C=O) groups is 1. The first-order valence-electron chi connectivity index (χ1n) is 10.9. The van der Waals surface area contributed by atoms with Gasteiger partial charge in [-0.2, -0.15) is 0 Å². The molecule has 0 bridgehead atoms. The van der Waals surface area contributed by atoms with E-state index in [0.29, 0.717) is 46.2 Å². The molecule has 1 aromatic heterocycles. The van der Waals surface area contributed by atoms with Crippen molar-refractivity contribution in [3.05, 3.63) is 83.3 Å². The van der Waals surface area contributed by atoms with Crippen LogP contribution in [0.3, 0.4) is 0 Å². The quantitative estimate of drug-likeness (QED) is 0.423. The van der Waals surface area contributed by atoms with E-state index in [1.54, 1.807) is 30.4 Å². The lowest BCUT2D eigenvalue weighted by Gasteiger charge is -2.39. The fraction of sp³-hybridized carbons (Fsp3) is 0.346. The summed E-state index contributed by atoms with van der Waals surface area (Å²) in [5.41, 5.74) is 2.62. The maximum Gasteiger partial charge on any atom is 0.217 e. The third kappa shape index (κ3) is 5.14. The van der Waals surface area contributed by atoms with Crippen molar-refractivity contribution < 1.29 is 23.4 Å². The summed E-state index contributed by atoms with van der Waals surface area (Å²) in [6.45, 7) is 10.00. The minimum atomic E-state index is -1.28. The van der Waals surface area contributed by atoms with Crippen LogP contribution in [0.5, 0.6) is 5.88 Å². The molecule has 3 atom stereocenters. The Hall–Kier alpha value is -3.19. The number of allylic oxidation sites excluding steroid dienone is 6. The monoisotopic (exact) mass is 484 g/mol. The van der Waals surface area contributed by atoms with Crippen LogP contribution in [0.1, 0.15) is 32.9 Å². The van der Waals surface area contributed by atoms with Gasteiger partial charge in [0.05, 0.1) is 11.1 Å². The molecular formula is C26H26ClFN2O4. The van der Waals surface area contributed by atoms with E-state index < -0.39 is 17.1 Å². The van der Waals surface area contributed by atoms with Crippen molar-refractivity contribution >= 4 is 23.5 Å². The SMILES string of the molecule is C=C1C=C(C=O)CO/C1=C/C1=C(C)C[C@H](Oc2cc(C3=CC(F)C(Cl)C=C3)ncn2)C(C)(C)O1. The van der Waals surface area contributed by atoms with E-state index in [1.165, 1.54) is 12.4 Å². The average Bonchev–Trinajstić information content (AvgIpc) is 2.80. The smallest absolute Gasteiger partial charge is 0.217 e. The second-order valence-corrected chi connectivity index (χ2v) is 9.44. The van der Waals surface area contributed by atoms with E-state index in [9.17, 15) is 9.18 Å². The minimum absolute atomic E-state index is 0.201. The lowest BCUT2D eigenvalue weighted by Crippen LogP contribution is -2.45. The van der Waals surface area contributed by atoms with Gasteiger partial charge in [-0.1, -0.05) is 18.7 Å². The highest BCUT2D eigenvalue weighted by Crippen LogP contribution is 2.36. The third-order valence-corrected chi connectivity index (χ3v) is 6.23. The molecule has 6 nitrogen and oxygen atoms in total. The normalized spacial score (nSPS) is 27.5. The summed E-state index contributed by atoms with van der Waals surface area (Å²) in [7, 11) is 0. The molecule has 1 aromatic rings. The zero-order chi connectivity index (χ0) is 24.5. The number of hydrogen-bond acceptors (Lipinski definition) is 6. The number of aldehydes is 1. The van der Waals surface area contributed by atoms with Gasteiger partial charge in [0.1, 0.15) is 48.6 Å². The van der Waals surface area contributed by atoms with Crippen molar-refractivity contribution in [1.29, 1.82) is 0 Å². The number of nitrogens with zero attached hydrogens (tertiary/aromatic N) is 2. The Balaban J connectivity index is 1.52. The number of alkyl halides is 2. The topological polar surface area (TPSA) is 70.5 Å². The van der Waals surface area contributed by atoms with Gasteiger partial charge in [0.2, 0.25) is 5.88 Å². The van der Waals surface area contributed by atoms with E-state index in [1.807, 2.05) is 20.8 Å². The molecule has 2 aliphatic heterocycles. The molecule has 3 heterocycles. The molecule has 0 radical (unpaired) electrons. The minimum Gasteiger partial charge on any atom is -0.488 e. The fourth-order valence-corrected chi connectivity index (χ4v) is 3.95. The van der Waals surface area contributed by atoms with Gasteiger partial charge in [-0.3, -0.25) is 4.79 Å². The fourth-order valence-electron chi connectivity index (χ4n) is 3.81. The Morgan fingerprint density at radius 2 is 2.15 bits per heavy atom. The Kier molecular flexibility index (Phi) is 6.75. The van der Waals surface area contributed by atoms with Crippen LogP contribution in [0, 0.1) is 0 Å². The van der Waals surface area contributed by atoms with Gasteiger partial charge in [-0.25, -0.2) is 14.4 Å². The van der Waals surface area contributed by atoms with Crippen molar-refractivity contribution in [3.63, 3.8) is 0 Å². The van der Waals surface area contributed by atoms with Crippen LogP contribution in [0.2, 0.25) is 0 Å². The molecule has 0 fully saturated rings. The first-order valence-corrected chi connectivity index (χ1v) is 11.4. The van der Waals surface area contributed by atoms with Crippen LogP contribution in [0.25, 0.3) is 5.57 Å². The van der Waals surface area contributed by atoms with Gasteiger partial charge in [0.25, 0.3) is 0 Å². The predicted molar refractivity (Wildman–Crippen MR) is 128 cm³/mol. The molecule has 0 spiro atoms. The summed E-state index contributed by atoms with van der Waals surface area (Å²) in [4.78, 5) is 19.5. The lowest BCUT2D eigenvalue weighted by molar-refractivity contribution is -0.105. The molecule has 0 amide bonds. The second kappa shape index (κ2) is 9.58. The van der Waals surface area contributed by atoms with Crippen LogP contribution >= 0.6 is 11.6 Å². The molecule has 0 saturated carbocycles. The average molecular weight is 485 g/mol. The number of halogens is 2. The Morgan fingerprint density at radius 3 is 2.85 bits per heavy atom. The second-order valence-electron chi connectivity index (χ2n) is 8.93. The maximum atomic E-state index is 14.0. The largest absolute Gasteiger partial charge is 0.488 e. The van der Waals surface area contributed by atoms with Crippen LogP contribution in [-0.2, 0) is 14.3 Å². The number of aromatic nitrogens is 2. The number of hydrogen-bond donors (Lipinski definition) is 0. The molecule has 1 aliphatic carbocycles. The third-order valence-electron chi connectivity index (χ3n) is 5.85. The van der Waals surface area contributed by atoms with E-state index >= 15 is 0 Å². The zero-order valence-electron chi connectivity index (χ0n) is 19.3. The van der Waals surface area contributed by atoms with Crippen molar-refractivity contribution in [2.45, 2.75) is 50.4 Å². The molecule has 34 heavy (non-hydrogen) atoms. The Labute approximate surface area is 203 Å². The molecule has 0 N–H and O–H groups in total. The van der Waals surface area contributed by atoms with Crippen LogP contribution in [0.4, 0.5) is 4.39 Å². The van der Waals surface area contributed by atoms with Crippen molar-refractivity contribution in [1.82, 2.24) is 9.97 Å². The van der Waals surface area contributed by atoms with E-state index in [0.717, 1.165) is 11.9 Å². The van der Waals surface area contributed by atoms with Gasteiger partial charge in [0, 0.05) is 29.7 Å². The summed E-state index contributed by atoms with van der Waals surface area (Å²) in [5.74, 6) is 1.61. The van der Waals surface area contributed by atoms with Crippen molar-refractivity contribution in [3.8, 4) is 5.88 Å². The van der Waals surface area contributed by atoms with Crippen molar-refractivity contribution in [2.75, 3.05) is 6.61 Å². The Morgan fingerprint density at radius 1 is 1.35 bits per heavy atom. The summed E-state index contributed by atoms with van der Waals surface area (Å²) in [5, 5.41) is -0.681. The van der Waals surface area contributed by atoms with E-state index in [2.05, 4.69) is 16.5 Å². The van der Waals surface area contributed by atoms with Gasteiger partial charge in [-0.15, -0.1) is 11.6 Å². The molecule has 3 aliphatic rings. The highest BCUT2D eigenvalue weighted by atomic mass is 35.5. The molecule has 2 unspecified atom stereocenters. The van der Waals surface area contributed by atoms with E-state index in [4.69, 9.17) is 25.8 Å². The zero-order valence-corrected chi connectivity index (χ0v) is 20.0. The Bertz CT molecular complexity index is 1170. The number of rotatable bonds is 5. The number of ether oxygens (including phenoxy) is 3. The first-order chi connectivity index (χ1) is 16.2. The molecular weight excluding hydrogens is 459 g/mol. The summed E-state index contributed by atoms with van der Waals surface area (Å²) >= 11 is 5.90. The van der Waals surface area contributed by atoms with Crippen LogP contribution in [0.15, 0.2) is 77.6 Å². The molecule has 0 aromatic carbocycles. The summed E-state index contributed by atoms with van der Waals surface area (Å²) in [6.07, 6.45) is 9.44. The highest BCUT2D eigenvalue weighted by Gasteiger charge is 2.39. The lowest BCUT2D eigenvalue weighted by atomic mass is 9.91. The number of carbonyl (C=O) groups excluding carboxylic acids is 1. The molecule has 4 rings (SSSR count). The van der Waals surface area contributed by atoms with Crippen LogP contribution in [-0.4, -0.2) is 46.1 Å². The van der Waals surface area contributed by atoms with Crippen molar-refractivity contribution in [2.24, 2.45) is 0 Å². The molecule has 0 saturated heterocycles.